The van der Waals surface area contributed by atoms with E-state index in [0.29, 0.717) is 42.6 Å². The van der Waals surface area contributed by atoms with Crippen molar-refractivity contribution in [3.05, 3.63) is 35.9 Å². The standard InChI is InChI=1S/C33H51NO5/c1-20(8-7-15-34-27(31(38)39)16-21-9-5-4-6-10-21)24-11-12-25-30-26(19-29(37)33(24,25)3)32(2)14-13-23(35)17-22(32)18-28(30)36/h4-6,9-10,20,22-30,34-37H,7-8,11-19H2,1-3H3,(H,38,39)/t20-,22+,23-,24-,25+,26+,27?,28-,29+,30+,32+,33-/m1/s1. The molecule has 0 spiro atoms. The van der Waals surface area contributed by atoms with Gasteiger partial charge in [-0.1, -0.05) is 51.1 Å². The van der Waals surface area contributed by atoms with Gasteiger partial charge < -0.3 is 25.7 Å². The number of carboxylic acid groups (broad SMARTS) is 1. The van der Waals surface area contributed by atoms with E-state index in [0.717, 1.165) is 63.4 Å². The highest BCUT2D eigenvalue weighted by atomic mass is 16.4. The van der Waals surface area contributed by atoms with Gasteiger partial charge in [0.1, 0.15) is 6.04 Å². The van der Waals surface area contributed by atoms with Crippen LogP contribution in [0.4, 0.5) is 0 Å². The number of carbonyl (C=O) groups is 1. The Morgan fingerprint density at radius 2 is 1.77 bits per heavy atom. The maximum atomic E-state index is 11.8. The van der Waals surface area contributed by atoms with Gasteiger partial charge in [-0.3, -0.25) is 4.79 Å². The zero-order chi connectivity index (χ0) is 27.9. The number of nitrogens with one attached hydrogen (secondary N) is 1. The average molecular weight is 542 g/mol. The largest absolute Gasteiger partial charge is 0.480 e. The van der Waals surface area contributed by atoms with E-state index in [1.54, 1.807) is 0 Å². The molecule has 4 aliphatic rings. The minimum absolute atomic E-state index is 0.0985. The zero-order valence-corrected chi connectivity index (χ0v) is 24.1. The molecule has 0 bridgehead atoms. The Morgan fingerprint density at radius 3 is 2.49 bits per heavy atom. The molecule has 1 aromatic carbocycles. The first-order chi connectivity index (χ1) is 18.6. The van der Waals surface area contributed by atoms with Crippen LogP contribution in [0.2, 0.25) is 0 Å². The smallest absolute Gasteiger partial charge is 0.321 e. The lowest BCUT2D eigenvalue weighted by Gasteiger charge is -2.63. The van der Waals surface area contributed by atoms with Crippen molar-refractivity contribution in [2.75, 3.05) is 6.54 Å². The Kier molecular flexibility index (Phi) is 8.51. The van der Waals surface area contributed by atoms with Crippen molar-refractivity contribution >= 4 is 5.97 Å². The van der Waals surface area contributed by atoms with Gasteiger partial charge >= 0.3 is 5.97 Å². The normalized spacial score (nSPS) is 43.1. The molecule has 1 aromatic rings. The van der Waals surface area contributed by atoms with Gasteiger partial charge in [-0.15, -0.1) is 0 Å². The van der Waals surface area contributed by atoms with Gasteiger partial charge in [-0.05, 0) is 123 Å². The summed E-state index contributed by atoms with van der Waals surface area (Å²) in [7, 11) is 0. The molecule has 6 nitrogen and oxygen atoms in total. The van der Waals surface area contributed by atoms with Gasteiger partial charge in [0.25, 0.3) is 0 Å². The van der Waals surface area contributed by atoms with Crippen LogP contribution in [-0.4, -0.2) is 57.3 Å². The molecule has 0 aliphatic heterocycles. The van der Waals surface area contributed by atoms with E-state index in [1.165, 1.54) is 0 Å². The summed E-state index contributed by atoms with van der Waals surface area (Å²) >= 11 is 0. The highest BCUT2D eigenvalue weighted by Gasteiger charge is 2.65. The Balaban J connectivity index is 1.21. The number of benzene rings is 1. The maximum Gasteiger partial charge on any atom is 0.321 e. The van der Waals surface area contributed by atoms with Crippen LogP contribution in [0.1, 0.15) is 84.1 Å². The summed E-state index contributed by atoms with van der Waals surface area (Å²) < 4.78 is 0. The molecular weight excluding hydrogens is 490 g/mol. The molecule has 5 N–H and O–H groups in total. The number of carboxylic acids is 1. The lowest BCUT2D eigenvalue weighted by molar-refractivity contribution is -0.207. The van der Waals surface area contributed by atoms with E-state index in [-0.39, 0.29) is 35.1 Å². The van der Waals surface area contributed by atoms with Crippen molar-refractivity contribution in [3.8, 4) is 0 Å². The minimum Gasteiger partial charge on any atom is -0.480 e. The quantitative estimate of drug-likeness (QED) is 0.291. The second-order valence-electron chi connectivity index (χ2n) is 14.2. The van der Waals surface area contributed by atoms with Crippen molar-refractivity contribution in [1.29, 1.82) is 0 Å². The Morgan fingerprint density at radius 1 is 1.03 bits per heavy atom. The molecule has 0 saturated heterocycles. The van der Waals surface area contributed by atoms with E-state index in [4.69, 9.17) is 0 Å². The van der Waals surface area contributed by atoms with Crippen LogP contribution < -0.4 is 5.32 Å². The molecular formula is C33H51NO5. The predicted molar refractivity (Wildman–Crippen MR) is 152 cm³/mol. The van der Waals surface area contributed by atoms with Crippen LogP contribution in [0, 0.1) is 46.3 Å². The van der Waals surface area contributed by atoms with Gasteiger partial charge in [0.15, 0.2) is 0 Å². The molecule has 0 aromatic heterocycles. The number of aliphatic hydroxyl groups is 3. The van der Waals surface area contributed by atoms with E-state index in [1.807, 2.05) is 30.3 Å². The Bertz CT molecular complexity index is 988. The third-order valence-corrected chi connectivity index (χ3v) is 12.3. The third kappa shape index (κ3) is 5.31. The van der Waals surface area contributed by atoms with E-state index < -0.39 is 12.0 Å². The summed E-state index contributed by atoms with van der Waals surface area (Å²) in [5, 5.41) is 46.6. The lowest BCUT2D eigenvalue weighted by Crippen LogP contribution is -2.62. The first-order valence-electron chi connectivity index (χ1n) is 15.6. The monoisotopic (exact) mass is 541 g/mol. The van der Waals surface area contributed by atoms with Crippen molar-refractivity contribution in [2.24, 2.45) is 46.3 Å². The van der Waals surface area contributed by atoms with E-state index in [9.17, 15) is 25.2 Å². The summed E-state index contributed by atoms with van der Waals surface area (Å²) in [4.78, 5) is 11.8. The molecule has 218 valence electrons. The SMILES string of the molecule is C[C@H](CCCNC(Cc1ccccc1)C(=O)O)[C@H]1CC[C@H]2[C@@H]3[C@H](O)C[C@@H]4C[C@H](O)CC[C@]4(C)[C@H]3C[C@H](O)[C@]12C. The third-order valence-electron chi connectivity index (χ3n) is 12.3. The summed E-state index contributed by atoms with van der Waals surface area (Å²) in [6.45, 7) is 7.66. The maximum absolute atomic E-state index is 11.8. The molecule has 0 amide bonds. The Labute approximate surface area is 234 Å². The zero-order valence-electron chi connectivity index (χ0n) is 24.1. The van der Waals surface area contributed by atoms with Gasteiger partial charge in [-0.2, -0.15) is 0 Å². The summed E-state index contributed by atoms with van der Waals surface area (Å²) in [5.41, 5.74) is 0.930. The summed E-state index contributed by atoms with van der Waals surface area (Å²) in [5.74, 6) is 1.26. The topological polar surface area (TPSA) is 110 Å². The molecule has 4 aliphatic carbocycles. The number of rotatable bonds is 9. The molecule has 12 atom stereocenters. The van der Waals surface area contributed by atoms with Crippen molar-refractivity contribution < 1.29 is 25.2 Å². The summed E-state index contributed by atoms with van der Waals surface area (Å²) in [6, 6.07) is 9.18. The van der Waals surface area contributed by atoms with Crippen LogP contribution in [-0.2, 0) is 11.2 Å². The molecule has 6 heteroatoms. The Hall–Kier alpha value is -1.47. The van der Waals surface area contributed by atoms with Crippen LogP contribution >= 0.6 is 0 Å². The fourth-order valence-electron chi connectivity index (χ4n) is 10.1. The second kappa shape index (κ2) is 11.4. The minimum atomic E-state index is -0.813. The van der Waals surface area contributed by atoms with Crippen molar-refractivity contribution in [1.82, 2.24) is 5.32 Å². The highest BCUT2D eigenvalue weighted by Crippen LogP contribution is 2.68. The van der Waals surface area contributed by atoms with Crippen LogP contribution in [0.3, 0.4) is 0 Å². The predicted octanol–water partition coefficient (Wildman–Crippen LogP) is 4.65. The van der Waals surface area contributed by atoms with Crippen molar-refractivity contribution in [3.63, 3.8) is 0 Å². The van der Waals surface area contributed by atoms with E-state index >= 15 is 0 Å². The summed E-state index contributed by atoms with van der Waals surface area (Å²) in [6.07, 6.45) is 7.76. The second-order valence-corrected chi connectivity index (χ2v) is 14.2. The first-order valence-corrected chi connectivity index (χ1v) is 15.6. The fraction of sp³-hybridized carbons (Fsp3) is 0.788. The molecule has 5 rings (SSSR count). The lowest BCUT2D eigenvalue weighted by atomic mass is 9.43. The van der Waals surface area contributed by atoms with E-state index in [2.05, 4.69) is 26.1 Å². The van der Waals surface area contributed by atoms with Gasteiger partial charge in [0, 0.05) is 0 Å². The molecule has 4 fully saturated rings. The first kappa shape index (κ1) is 29.0. The molecule has 1 unspecified atom stereocenters. The van der Waals surface area contributed by atoms with Crippen LogP contribution in [0.5, 0.6) is 0 Å². The van der Waals surface area contributed by atoms with Gasteiger partial charge in [-0.25, -0.2) is 0 Å². The average Bonchev–Trinajstić information content (AvgIpc) is 3.26. The molecule has 0 heterocycles. The van der Waals surface area contributed by atoms with Gasteiger partial charge in [0.05, 0.1) is 18.3 Å². The molecule has 0 radical (unpaired) electrons. The number of hydrogen-bond donors (Lipinski definition) is 5. The molecule has 39 heavy (non-hydrogen) atoms. The highest BCUT2D eigenvalue weighted by molar-refractivity contribution is 5.73. The number of aliphatic carboxylic acids is 1. The van der Waals surface area contributed by atoms with Crippen LogP contribution in [0.25, 0.3) is 0 Å². The number of aliphatic hydroxyl groups excluding tert-OH is 3. The van der Waals surface area contributed by atoms with Crippen molar-refractivity contribution in [2.45, 2.75) is 109 Å². The number of hydrogen-bond acceptors (Lipinski definition) is 5. The molecule has 4 saturated carbocycles. The number of fused-ring (bicyclic) bond motifs is 5. The fourth-order valence-corrected chi connectivity index (χ4v) is 10.1. The van der Waals surface area contributed by atoms with Gasteiger partial charge in [0.2, 0.25) is 0 Å². The van der Waals surface area contributed by atoms with Crippen LogP contribution in [0.15, 0.2) is 30.3 Å².